The van der Waals surface area contributed by atoms with Crippen molar-refractivity contribution in [2.75, 3.05) is 12.3 Å². The monoisotopic (exact) mass is 400 g/mol. The molecule has 2 aromatic carbocycles. The number of thiazole rings is 1. The Hall–Kier alpha value is -2.18. The highest BCUT2D eigenvalue weighted by Crippen LogP contribution is 2.22. The molecule has 0 atom stereocenters. The maximum Gasteiger partial charge on any atom is 0.224 e. The second kappa shape index (κ2) is 9.67. The van der Waals surface area contributed by atoms with Crippen molar-refractivity contribution in [1.29, 1.82) is 0 Å². The normalized spacial score (nSPS) is 10.7. The summed E-state index contributed by atoms with van der Waals surface area (Å²) in [6.45, 7) is 2.57. The first-order valence-electron chi connectivity index (χ1n) is 8.71. The van der Waals surface area contributed by atoms with Crippen molar-refractivity contribution in [2.24, 2.45) is 0 Å². The van der Waals surface area contributed by atoms with E-state index in [9.17, 15) is 9.18 Å². The highest BCUT2D eigenvalue weighted by atomic mass is 32.2. The van der Waals surface area contributed by atoms with Gasteiger partial charge >= 0.3 is 0 Å². The van der Waals surface area contributed by atoms with E-state index in [2.05, 4.69) is 10.3 Å². The van der Waals surface area contributed by atoms with Gasteiger partial charge in [0.05, 0.1) is 17.1 Å². The second-order valence-corrected chi connectivity index (χ2v) is 8.29. The van der Waals surface area contributed by atoms with Gasteiger partial charge in [-0.25, -0.2) is 9.37 Å². The Morgan fingerprint density at radius 2 is 1.96 bits per heavy atom. The van der Waals surface area contributed by atoms with Gasteiger partial charge in [0.15, 0.2) is 0 Å². The fourth-order valence-electron chi connectivity index (χ4n) is 2.60. The van der Waals surface area contributed by atoms with E-state index in [4.69, 9.17) is 0 Å². The molecule has 0 aliphatic heterocycles. The number of rotatable bonds is 8. The lowest BCUT2D eigenvalue weighted by Gasteiger charge is -2.07. The van der Waals surface area contributed by atoms with Crippen LogP contribution in [0.3, 0.4) is 0 Å². The Morgan fingerprint density at radius 1 is 1.19 bits per heavy atom. The lowest BCUT2D eigenvalue weighted by molar-refractivity contribution is -0.120. The Bertz CT molecular complexity index is 893. The van der Waals surface area contributed by atoms with Crippen LogP contribution in [0, 0.1) is 12.7 Å². The van der Waals surface area contributed by atoms with E-state index in [1.165, 1.54) is 6.07 Å². The van der Waals surface area contributed by atoms with Crippen LogP contribution in [0.15, 0.2) is 53.9 Å². The molecule has 1 N–H and O–H groups in total. The summed E-state index contributed by atoms with van der Waals surface area (Å²) < 4.78 is 13.5. The van der Waals surface area contributed by atoms with Gasteiger partial charge in [-0.2, -0.15) is 11.8 Å². The van der Waals surface area contributed by atoms with Gasteiger partial charge in [-0.1, -0.05) is 42.5 Å². The van der Waals surface area contributed by atoms with Gasteiger partial charge in [0.25, 0.3) is 0 Å². The number of hydrogen-bond acceptors (Lipinski definition) is 4. The second-order valence-electron chi connectivity index (χ2n) is 6.12. The number of carbonyl (C=O) groups excluding carboxylic acids is 1. The molecule has 140 valence electrons. The molecule has 3 aromatic rings. The van der Waals surface area contributed by atoms with Crippen LogP contribution in [0.25, 0.3) is 11.3 Å². The van der Waals surface area contributed by atoms with Crippen LogP contribution >= 0.6 is 23.1 Å². The molecule has 3 rings (SSSR count). The topological polar surface area (TPSA) is 42.0 Å². The van der Waals surface area contributed by atoms with Gasteiger partial charge in [0.1, 0.15) is 5.82 Å². The van der Waals surface area contributed by atoms with Crippen LogP contribution in [0.1, 0.15) is 16.1 Å². The van der Waals surface area contributed by atoms with E-state index in [1.807, 2.05) is 42.6 Å². The molecular weight excluding hydrogens is 379 g/mol. The van der Waals surface area contributed by atoms with E-state index in [0.717, 1.165) is 27.6 Å². The Morgan fingerprint density at radius 3 is 2.67 bits per heavy atom. The summed E-state index contributed by atoms with van der Waals surface area (Å²) in [5, 5.41) is 6.00. The van der Waals surface area contributed by atoms with Crippen molar-refractivity contribution in [3.05, 3.63) is 75.9 Å². The predicted octanol–water partition coefficient (Wildman–Crippen LogP) is 4.85. The largest absolute Gasteiger partial charge is 0.355 e. The highest BCUT2D eigenvalue weighted by molar-refractivity contribution is 7.98. The summed E-state index contributed by atoms with van der Waals surface area (Å²) in [6.07, 6.45) is 0.356. The van der Waals surface area contributed by atoms with Gasteiger partial charge in [-0.3, -0.25) is 4.79 Å². The molecule has 0 saturated carbocycles. The van der Waals surface area contributed by atoms with Gasteiger partial charge in [0, 0.05) is 29.0 Å². The minimum absolute atomic E-state index is 0.00116. The molecule has 1 aromatic heterocycles. The van der Waals surface area contributed by atoms with Gasteiger partial charge in [0.2, 0.25) is 5.91 Å². The van der Waals surface area contributed by atoms with E-state index in [-0.39, 0.29) is 11.7 Å². The molecule has 0 spiro atoms. The lowest BCUT2D eigenvalue weighted by atomic mass is 10.1. The first-order valence-corrected chi connectivity index (χ1v) is 10.7. The summed E-state index contributed by atoms with van der Waals surface area (Å²) >= 11 is 3.24. The van der Waals surface area contributed by atoms with E-state index in [0.29, 0.717) is 24.3 Å². The maximum absolute atomic E-state index is 13.5. The zero-order valence-electron chi connectivity index (χ0n) is 15.1. The molecule has 0 radical (unpaired) electrons. The summed E-state index contributed by atoms with van der Waals surface area (Å²) in [5.41, 5.74) is 3.71. The summed E-state index contributed by atoms with van der Waals surface area (Å²) in [4.78, 5) is 16.5. The molecule has 0 bridgehead atoms. The van der Waals surface area contributed by atoms with Gasteiger partial charge in [-0.05, 0) is 24.1 Å². The number of thioether (sulfide) groups is 1. The number of nitrogens with zero attached hydrogens (tertiary/aromatic N) is 1. The zero-order valence-corrected chi connectivity index (χ0v) is 16.7. The average molecular weight is 401 g/mol. The summed E-state index contributed by atoms with van der Waals surface area (Å²) in [6, 6.07) is 14.7. The van der Waals surface area contributed by atoms with Crippen LogP contribution in [0.5, 0.6) is 0 Å². The standard InChI is InChI=1S/C21H21FN2OS2/c1-15-24-20(14-27-15)17-8-6-16(7-9-17)12-21(25)23-10-11-26-13-18-4-2-3-5-19(18)22/h2-9,14H,10-13H2,1H3,(H,23,25). The van der Waals surface area contributed by atoms with E-state index < -0.39 is 0 Å². The minimum atomic E-state index is -0.176. The van der Waals surface area contributed by atoms with Crippen molar-refractivity contribution in [1.82, 2.24) is 10.3 Å². The SMILES string of the molecule is Cc1nc(-c2ccc(CC(=O)NCCSCc3ccccc3F)cc2)cs1. The molecular formula is C21H21FN2OS2. The Balaban J connectivity index is 1.38. The van der Waals surface area contributed by atoms with Crippen molar-refractivity contribution in [3.63, 3.8) is 0 Å². The average Bonchev–Trinajstić information content (AvgIpc) is 3.10. The molecule has 0 fully saturated rings. The lowest BCUT2D eigenvalue weighted by Crippen LogP contribution is -2.27. The third-order valence-corrected chi connectivity index (χ3v) is 5.80. The number of hydrogen-bond donors (Lipinski definition) is 1. The van der Waals surface area contributed by atoms with Crippen molar-refractivity contribution in [2.45, 2.75) is 19.1 Å². The van der Waals surface area contributed by atoms with Crippen molar-refractivity contribution in [3.8, 4) is 11.3 Å². The molecule has 0 unspecified atom stereocenters. The molecule has 1 heterocycles. The zero-order chi connectivity index (χ0) is 19.1. The number of amides is 1. The first kappa shape index (κ1) is 19.6. The molecule has 3 nitrogen and oxygen atoms in total. The van der Waals surface area contributed by atoms with Gasteiger partial charge in [-0.15, -0.1) is 11.3 Å². The number of aromatic nitrogens is 1. The van der Waals surface area contributed by atoms with Gasteiger partial charge < -0.3 is 5.32 Å². The number of benzene rings is 2. The maximum atomic E-state index is 13.5. The van der Waals surface area contributed by atoms with E-state index in [1.54, 1.807) is 35.2 Å². The van der Waals surface area contributed by atoms with Crippen LogP contribution in [0.4, 0.5) is 4.39 Å². The third kappa shape index (κ3) is 5.91. The Kier molecular flexibility index (Phi) is 7.01. The molecule has 0 aliphatic rings. The van der Waals surface area contributed by atoms with Crippen LogP contribution in [-0.4, -0.2) is 23.2 Å². The number of aryl methyl sites for hydroxylation is 1. The smallest absolute Gasteiger partial charge is 0.224 e. The molecule has 27 heavy (non-hydrogen) atoms. The third-order valence-electron chi connectivity index (χ3n) is 4.02. The fraction of sp³-hybridized carbons (Fsp3) is 0.238. The minimum Gasteiger partial charge on any atom is -0.355 e. The van der Waals surface area contributed by atoms with Crippen molar-refractivity contribution >= 4 is 29.0 Å². The molecule has 6 heteroatoms. The van der Waals surface area contributed by atoms with Crippen LogP contribution in [0.2, 0.25) is 0 Å². The predicted molar refractivity (Wildman–Crippen MR) is 112 cm³/mol. The number of carbonyl (C=O) groups is 1. The Labute approximate surface area is 167 Å². The van der Waals surface area contributed by atoms with E-state index >= 15 is 0 Å². The fourth-order valence-corrected chi connectivity index (χ4v) is 4.06. The molecule has 1 amide bonds. The quantitative estimate of drug-likeness (QED) is 0.550. The molecule has 0 saturated heterocycles. The van der Waals surface area contributed by atoms with Crippen LogP contribution in [-0.2, 0) is 17.0 Å². The van der Waals surface area contributed by atoms with Crippen LogP contribution < -0.4 is 5.32 Å². The number of halogens is 1. The number of nitrogens with one attached hydrogen (secondary N) is 1. The first-order chi connectivity index (χ1) is 13.1. The molecule has 0 aliphatic carbocycles. The van der Waals surface area contributed by atoms with Crippen molar-refractivity contribution < 1.29 is 9.18 Å². The summed E-state index contributed by atoms with van der Waals surface area (Å²) in [5.74, 6) is 1.19. The highest BCUT2D eigenvalue weighted by Gasteiger charge is 2.06. The summed E-state index contributed by atoms with van der Waals surface area (Å²) in [7, 11) is 0.